The van der Waals surface area contributed by atoms with Gasteiger partial charge in [0.15, 0.2) is 18.2 Å². The maximum Gasteiger partial charge on any atom is 0.435 e. The van der Waals surface area contributed by atoms with Crippen LogP contribution in [-0.2, 0) is 11.8 Å². The topological polar surface area (TPSA) is 67.6 Å². The maximum absolute atomic E-state index is 15.4. The summed E-state index contributed by atoms with van der Waals surface area (Å²) < 4.78 is 150. The van der Waals surface area contributed by atoms with E-state index in [-0.39, 0.29) is 25.5 Å². The number of nitrogens with zero attached hydrogens (tertiary/aromatic N) is 3. The van der Waals surface area contributed by atoms with Gasteiger partial charge in [-0.1, -0.05) is 12.1 Å². The number of amides is 2. The molecule has 1 aromatic heterocycles. The van der Waals surface area contributed by atoms with Crippen molar-refractivity contribution < 1.29 is 62.6 Å². The van der Waals surface area contributed by atoms with Crippen LogP contribution in [0.4, 0.5) is 59.7 Å². The zero-order chi connectivity index (χ0) is 32.0. The van der Waals surface area contributed by atoms with Crippen LogP contribution in [-0.4, -0.2) is 31.2 Å². The number of anilines is 2. The molecule has 0 radical (unpaired) electrons. The first kappa shape index (κ1) is 32.8. The molecule has 0 fully saturated rings. The summed E-state index contributed by atoms with van der Waals surface area (Å²) in [6.07, 6.45) is -17.2. The van der Waals surface area contributed by atoms with E-state index >= 15 is 4.39 Å². The molecule has 18 heteroatoms. The van der Waals surface area contributed by atoms with Crippen molar-refractivity contribution in [2.45, 2.75) is 24.2 Å². The maximum atomic E-state index is 15.4. The number of pyridine rings is 1. The minimum atomic E-state index is -6.71. The third-order valence-electron chi connectivity index (χ3n) is 5.77. The van der Waals surface area contributed by atoms with E-state index in [0.717, 1.165) is 60.5 Å². The van der Waals surface area contributed by atoms with E-state index in [0.29, 0.717) is 4.90 Å². The molecule has 2 amide bonds. The SMILES string of the molecule is CN(C(=O)c1ccc[n+]([O-])c1)c1cccc(C(=O)N(I)c2ccc(C(F)(C(F)(F)F)C(F)(F)F)cc2C(F)(F)F)c1F. The van der Waals surface area contributed by atoms with Gasteiger partial charge in [0.2, 0.25) is 0 Å². The number of hydrogen-bond donors (Lipinski definition) is 0. The predicted octanol–water partition coefficient (Wildman–Crippen LogP) is 7.04. The van der Waals surface area contributed by atoms with Gasteiger partial charge in [-0.3, -0.25) is 9.59 Å². The van der Waals surface area contributed by atoms with Crippen LogP contribution in [0.1, 0.15) is 31.8 Å². The molecule has 1 heterocycles. The van der Waals surface area contributed by atoms with Crippen LogP contribution in [0.15, 0.2) is 60.9 Å². The van der Waals surface area contributed by atoms with Crippen LogP contribution in [0.25, 0.3) is 0 Å². The van der Waals surface area contributed by atoms with Crippen molar-refractivity contribution in [3.05, 3.63) is 94.2 Å². The molecule has 3 rings (SSSR count). The lowest BCUT2D eigenvalue weighted by Crippen LogP contribution is -2.50. The first-order chi connectivity index (χ1) is 19.1. The number of benzene rings is 2. The van der Waals surface area contributed by atoms with Gasteiger partial charge < -0.3 is 10.1 Å². The Balaban J connectivity index is 2.09. The smallest absolute Gasteiger partial charge is 0.435 e. The Morgan fingerprint density at radius 1 is 0.833 bits per heavy atom. The molecule has 0 aliphatic heterocycles. The monoisotopic (exact) mass is 727 g/mol. The van der Waals surface area contributed by atoms with Gasteiger partial charge in [-0.05, 0) is 30.3 Å². The average Bonchev–Trinajstić information content (AvgIpc) is 2.89. The van der Waals surface area contributed by atoms with E-state index in [1.165, 1.54) is 12.1 Å². The fourth-order valence-corrected chi connectivity index (χ4v) is 4.36. The highest BCUT2D eigenvalue weighted by atomic mass is 127. The van der Waals surface area contributed by atoms with Crippen molar-refractivity contribution in [1.29, 1.82) is 0 Å². The molecular formula is C24H13F11IN3O3. The van der Waals surface area contributed by atoms with E-state index in [1.807, 2.05) is 0 Å². The number of aromatic nitrogens is 1. The molecule has 0 saturated heterocycles. The predicted molar refractivity (Wildman–Crippen MR) is 132 cm³/mol. The zero-order valence-electron chi connectivity index (χ0n) is 20.4. The lowest BCUT2D eigenvalue weighted by molar-refractivity contribution is -0.605. The Bertz CT molecular complexity index is 1510. The number of rotatable bonds is 5. The molecule has 226 valence electrons. The van der Waals surface area contributed by atoms with Gasteiger partial charge in [0.25, 0.3) is 11.8 Å². The number of hydrogen-bond acceptors (Lipinski definition) is 3. The second-order valence-electron chi connectivity index (χ2n) is 8.43. The summed E-state index contributed by atoms with van der Waals surface area (Å²) in [4.78, 5) is 26.4. The minimum absolute atomic E-state index is 0.000700. The van der Waals surface area contributed by atoms with Gasteiger partial charge in [0, 0.05) is 18.7 Å². The van der Waals surface area contributed by atoms with Crippen LogP contribution in [0.3, 0.4) is 0 Å². The highest BCUT2D eigenvalue weighted by molar-refractivity contribution is 14.1. The highest BCUT2D eigenvalue weighted by Gasteiger charge is 2.73. The summed E-state index contributed by atoms with van der Waals surface area (Å²) in [5.74, 6) is -3.97. The summed E-state index contributed by atoms with van der Waals surface area (Å²) >= 11 is 0.900. The first-order valence-corrected chi connectivity index (χ1v) is 11.9. The summed E-state index contributed by atoms with van der Waals surface area (Å²) in [6.45, 7) is 0. The molecule has 0 unspecified atom stereocenters. The molecule has 42 heavy (non-hydrogen) atoms. The molecule has 0 N–H and O–H groups in total. The number of halogens is 12. The quantitative estimate of drug-likeness (QED) is 0.0932. The second kappa shape index (κ2) is 11.2. The minimum Gasteiger partial charge on any atom is -0.619 e. The van der Waals surface area contributed by atoms with Gasteiger partial charge >= 0.3 is 24.2 Å². The molecule has 6 nitrogen and oxygen atoms in total. The van der Waals surface area contributed by atoms with Crippen molar-refractivity contribution in [3.8, 4) is 0 Å². The lowest BCUT2D eigenvalue weighted by atomic mass is 9.92. The fraction of sp³-hybridized carbons (Fsp3) is 0.208. The Hall–Kier alpha value is -3.71. The first-order valence-electron chi connectivity index (χ1n) is 10.9. The summed E-state index contributed by atoms with van der Waals surface area (Å²) in [6, 6.07) is 4.25. The van der Waals surface area contributed by atoms with Gasteiger partial charge in [0.1, 0.15) is 5.56 Å². The molecule has 0 aliphatic carbocycles. The molecular weight excluding hydrogens is 714 g/mol. The highest BCUT2D eigenvalue weighted by Crippen LogP contribution is 2.54. The molecule has 0 saturated carbocycles. The fourth-order valence-electron chi connectivity index (χ4n) is 3.68. The van der Waals surface area contributed by atoms with Gasteiger partial charge in [-0.25, -0.2) is 11.9 Å². The summed E-state index contributed by atoms with van der Waals surface area (Å²) in [7, 11) is 1.05. The molecule has 3 aromatic rings. The third kappa shape index (κ3) is 5.93. The Labute approximate surface area is 242 Å². The van der Waals surface area contributed by atoms with Crippen LogP contribution in [0.5, 0.6) is 0 Å². The van der Waals surface area contributed by atoms with Gasteiger partial charge in [-0.15, -0.1) is 0 Å². The standard InChI is InChI=1S/C24H13F11IN3O3/c1-37(19(40)12-4-3-9-38(42)11-12)17-6-2-5-14(18(17)25)20(41)39(36)16-8-7-13(10-15(16)22(27,28)29)21(26,23(30,31)32)24(33,34)35/h2-11H,1H3. The van der Waals surface area contributed by atoms with E-state index in [4.69, 9.17) is 0 Å². The Morgan fingerprint density at radius 3 is 1.95 bits per heavy atom. The van der Waals surface area contributed by atoms with Crippen LogP contribution in [0, 0.1) is 11.0 Å². The average molecular weight is 727 g/mol. The number of alkyl halides is 10. The van der Waals surface area contributed by atoms with Crippen molar-refractivity contribution in [2.75, 3.05) is 15.1 Å². The van der Waals surface area contributed by atoms with Crippen molar-refractivity contribution in [2.24, 2.45) is 0 Å². The van der Waals surface area contributed by atoms with Crippen molar-refractivity contribution in [1.82, 2.24) is 0 Å². The van der Waals surface area contributed by atoms with E-state index in [9.17, 15) is 58.7 Å². The molecule has 0 atom stereocenters. The summed E-state index contributed by atoms with van der Waals surface area (Å²) in [5, 5.41) is 11.5. The van der Waals surface area contributed by atoms with Crippen LogP contribution >= 0.6 is 22.9 Å². The normalized spacial score (nSPS) is 12.7. The Kier molecular flexibility index (Phi) is 8.73. The summed E-state index contributed by atoms with van der Waals surface area (Å²) in [5.41, 5.74) is -14.0. The molecule has 0 bridgehead atoms. The van der Waals surface area contributed by atoms with E-state index in [2.05, 4.69) is 0 Å². The van der Waals surface area contributed by atoms with Crippen LogP contribution in [0.2, 0.25) is 0 Å². The second-order valence-corrected chi connectivity index (χ2v) is 9.39. The van der Waals surface area contributed by atoms with Crippen molar-refractivity contribution in [3.63, 3.8) is 0 Å². The third-order valence-corrected chi connectivity index (χ3v) is 6.73. The lowest BCUT2D eigenvalue weighted by Gasteiger charge is -2.31. The van der Waals surface area contributed by atoms with E-state index < -0.39 is 76.0 Å². The van der Waals surface area contributed by atoms with Gasteiger partial charge in [-0.2, -0.15) is 44.2 Å². The van der Waals surface area contributed by atoms with E-state index in [1.54, 1.807) is 0 Å². The number of carbonyl (C=O) groups is 2. The molecule has 0 spiro atoms. The van der Waals surface area contributed by atoms with Crippen LogP contribution < -0.4 is 12.7 Å². The Morgan fingerprint density at radius 2 is 1.43 bits per heavy atom. The zero-order valence-corrected chi connectivity index (χ0v) is 22.5. The molecule has 0 aliphatic rings. The van der Waals surface area contributed by atoms with Gasteiger partial charge in [0.05, 0.1) is 45.4 Å². The molecule has 2 aromatic carbocycles. The van der Waals surface area contributed by atoms with Crippen molar-refractivity contribution >= 4 is 46.1 Å². The largest absolute Gasteiger partial charge is 0.619 e. The number of carbonyl (C=O) groups excluding carboxylic acids is 2.